The second kappa shape index (κ2) is 4.95. The summed E-state index contributed by atoms with van der Waals surface area (Å²) < 4.78 is 13.0. The van der Waals surface area contributed by atoms with Crippen molar-refractivity contribution in [3.63, 3.8) is 0 Å². The standard InChI is InChI=1S/C13H15FN2O3/c1-13(12(18)19)6-3-7-16(8-13)11(17)9-4-2-5-10(14)15-9/h2,4-5H,3,6-8H2,1H3,(H,18,19). The summed E-state index contributed by atoms with van der Waals surface area (Å²) in [4.78, 5) is 28.4. The lowest BCUT2D eigenvalue weighted by Crippen LogP contribution is -2.48. The number of carboxylic acid groups (broad SMARTS) is 1. The van der Waals surface area contributed by atoms with Crippen molar-refractivity contribution in [2.45, 2.75) is 19.8 Å². The highest BCUT2D eigenvalue weighted by Crippen LogP contribution is 2.30. The van der Waals surface area contributed by atoms with Crippen LogP contribution in [0.5, 0.6) is 0 Å². The molecule has 0 aliphatic carbocycles. The number of likely N-dealkylation sites (tertiary alicyclic amines) is 1. The van der Waals surface area contributed by atoms with Crippen molar-refractivity contribution in [1.29, 1.82) is 0 Å². The highest BCUT2D eigenvalue weighted by Gasteiger charge is 2.39. The van der Waals surface area contributed by atoms with Crippen LogP contribution < -0.4 is 0 Å². The van der Waals surface area contributed by atoms with E-state index >= 15 is 0 Å². The summed E-state index contributed by atoms with van der Waals surface area (Å²) in [6.45, 7) is 2.22. The second-order valence-corrected chi connectivity index (χ2v) is 5.04. The molecule has 2 rings (SSSR count). The van der Waals surface area contributed by atoms with Crippen molar-refractivity contribution < 1.29 is 19.1 Å². The Balaban J connectivity index is 2.18. The molecule has 1 aliphatic rings. The van der Waals surface area contributed by atoms with Crippen LogP contribution in [-0.2, 0) is 4.79 Å². The van der Waals surface area contributed by atoms with Gasteiger partial charge in [0.05, 0.1) is 5.41 Å². The molecule has 1 saturated heterocycles. The van der Waals surface area contributed by atoms with Crippen LogP contribution in [0.1, 0.15) is 30.3 Å². The number of carboxylic acids is 1. The molecule has 5 nitrogen and oxygen atoms in total. The minimum absolute atomic E-state index is 0.00892. The van der Waals surface area contributed by atoms with E-state index in [1.165, 1.54) is 17.0 Å². The van der Waals surface area contributed by atoms with E-state index in [2.05, 4.69) is 4.98 Å². The number of piperidine rings is 1. The van der Waals surface area contributed by atoms with Crippen LogP contribution in [0.15, 0.2) is 18.2 Å². The Labute approximate surface area is 110 Å². The zero-order valence-electron chi connectivity index (χ0n) is 10.6. The maximum Gasteiger partial charge on any atom is 0.311 e. The number of nitrogens with zero attached hydrogens (tertiary/aromatic N) is 2. The smallest absolute Gasteiger partial charge is 0.311 e. The number of halogens is 1. The van der Waals surface area contributed by atoms with Gasteiger partial charge in [-0.15, -0.1) is 0 Å². The first-order valence-corrected chi connectivity index (χ1v) is 6.08. The zero-order chi connectivity index (χ0) is 14.0. The Morgan fingerprint density at radius 3 is 2.84 bits per heavy atom. The molecule has 1 aromatic rings. The zero-order valence-corrected chi connectivity index (χ0v) is 10.6. The molecular weight excluding hydrogens is 251 g/mol. The maximum absolute atomic E-state index is 13.0. The van der Waals surface area contributed by atoms with Gasteiger partial charge in [0, 0.05) is 13.1 Å². The van der Waals surface area contributed by atoms with E-state index in [4.69, 9.17) is 0 Å². The van der Waals surface area contributed by atoms with Gasteiger partial charge in [0.1, 0.15) is 5.69 Å². The average Bonchev–Trinajstić information content (AvgIpc) is 2.38. The Morgan fingerprint density at radius 2 is 2.21 bits per heavy atom. The largest absolute Gasteiger partial charge is 0.481 e. The third-order valence-electron chi connectivity index (χ3n) is 3.43. The monoisotopic (exact) mass is 266 g/mol. The van der Waals surface area contributed by atoms with Gasteiger partial charge in [-0.2, -0.15) is 4.39 Å². The molecule has 102 valence electrons. The molecule has 1 unspecified atom stereocenters. The third kappa shape index (κ3) is 2.72. The summed E-state index contributed by atoms with van der Waals surface area (Å²) in [7, 11) is 0. The van der Waals surface area contributed by atoms with Crippen LogP contribution in [0.3, 0.4) is 0 Å². The molecule has 1 amide bonds. The molecule has 1 fully saturated rings. The van der Waals surface area contributed by atoms with Crippen LogP contribution in [-0.4, -0.2) is 40.0 Å². The molecule has 1 atom stereocenters. The highest BCUT2D eigenvalue weighted by atomic mass is 19.1. The number of aromatic nitrogens is 1. The number of hydrogen-bond donors (Lipinski definition) is 1. The lowest BCUT2D eigenvalue weighted by Gasteiger charge is -2.37. The molecular formula is C13H15FN2O3. The molecule has 1 aromatic heterocycles. The number of hydrogen-bond acceptors (Lipinski definition) is 3. The number of rotatable bonds is 2. The van der Waals surface area contributed by atoms with Gasteiger partial charge in [0.2, 0.25) is 5.95 Å². The second-order valence-electron chi connectivity index (χ2n) is 5.04. The van der Waals surface area contributed by atoms with Gasteiger partial charge in [-0.3, -0.25) is 9.59 Å². The fourth-order valence-electron chi connectivity index (χ4n) is 2.28. The van der Waals surface area contributed by atoms with E-state index < -0.39 is 23.2 Å². The van der Waals surface area contributed by atoms with Crippen molar-refractivity contribution in [2.24, 2.45) is 5.41 Å². The van der Waals surface area contributed by atoms with E-state index in [1.54, 1.807) is 6.92 Å². The first-order chi connectivity index (χ1) is 8.92. The fraction of sp³-hybridized carbons (Fsp3) is 0.462. The fourth-order valence-corrected chi connectivity index (χ4v) is 2.28. The van der Waals surface area contributed by atoms with Gasteiger partial charge in [0.25, 0.3) is 5.91 Å². The van der Waals surface area contributed by atoms with Crippen LogP contribution in [0.4, 0.5) is 4.39 Å². The van der Waals surface area contributed by atoms with E-state index in [-0.39, 0.29) is 12.2 Å². The molecule has 1 aliphatic heterocycles. The van der Waals surface area contributed by atoms with Crippen molar-refractivity contribution >= 4 is 11.9 Å². The minimum atomic E-state index is -0.943. The summed E-state index contributed by atoms with van der Waals surface area (Å²) in [6.07, 6.45) is 1.15. The predicted octanol–water partition coefficient (Wildman–Crippen LogP) is 1.55. The highest BCUT2D eigenvalue weighted by molar-refractivity contribution is 5.92. The molecule has 1 N–H and O–H groups in total. The van der Waals surface area contributed by atoms with Crippen molar-refractivity contribution in [1.82, 2.24) is 9.88 Å². The summed E-state index contributed by atoms with van der Waals surface area (Å²) in [5.74, 6) is -2.06. The van der Waals surface area contributed by atoms with Crippen molar-refractivity contribution in [3.05, 3.63) is 29.8 Å². The van der Waals surface area contributed by atoms with Gasteiger partial charge >= 0.3 is 5.97 Å². The topological polar surface area (TPSA) is 70.5 Å². The molecule has 0 saturated carbocycles. The van der Waals surface area contributed by atoms with Crippen molar-refractivity contribution in [3.8, 4) is 0 Å². The SMILES string of the molecule is CC1(C(=O)O)CCCN(C(=O)c2cccc(F)n2)C1. The average molecular weight is 266 g/mol. The lowest BCUT2D eigenvalue weighted by molar-refractivity contribution is -0.150. The van der Waals surface area contributed by atoms with Crippen LogP contribution in [0.25, 0.3) is 0 Å². The Hall–Kier alpha value is -1.98. The first-order valence-electron chi connectivity index (χ1n) is 6.08. The number of carbonyl (C=O) groups excluding carboxylic acids is 1. The molecule has 6 heteroatoms. The Kier molecular flexibility index (Phi) is 3.50. The minimum Gasteiger partial charge on any atom is -0.481 e. The van der Waals surface area contributed by atoms with Crippen LogP contribution in [0, 0.1) is 11.4 Å². The third-order valence-corrected chi connectivity index (χ3v) is 3.43. The van der Waals surface area contributed by atoms with Gasteiger partial charge in [0.15, 0.2) is 0 Å². The van der Waals surface area contributed by atoms with E-state index in [0.29, 0.717) is 19.4 Å². The quantitative estimate of drug-likeness (QED) is 0.824. The Morgan fingerprint density at radius 1 is 1.47 bits per heavy atom. The van der Waals surface area contributed by atoms with Crippen LogP contribution >= 0.6 is 0 Å². The van der Waals surface area contributed by atoms with Crippen molar-refractivity contribution in [2.75, 3.05) is 13.1 Å². The number of aliphatic carboxylic acids is 1. The molecule has 0 bridgehead atoms. The maximum atomic E-state index is 13.0. The number of pyridine rings is 1. The van der Waals surface area contributed by atoms with E-state index in [9.17, 15) is 19.1 Å². The molecule has 0 aromatic carbocycles. The van der Waals surface area contributed by atoms with Crippen LogP contribution in [0.2, 0.25) is 0 Å². The molecule has 0 spiro atoms. The predicted molar refractivity (Wildman–Crippen MR) is 65.1 cm³/mol. The van der Waals surface area contributed by atoms with E-state index in [0.717, 1.165) is 6.07 Å². The van der Waals surface area contributed by atoms with E-state index in [1.807, 2.05) is 0 Å². The summed E-state index contributed by atoms with van der Waals surface area (Å²) in [5, 5.41) is 9.20. The normalized spacial score (nSPS) is 23.2. The Bertz CT molecular complexity index is 520. The number of amides is 1. The number of carbonyl (C=O) groups is 2. The summed E-state index contributed by atoms with van der Waals surface area (Å²) in [6, 6.07) is 4.00. The van der Waals surface area contributed by atoms with Gasteiger partial charge in [-0.25, -0.2) is 4.98 Å². The van der Waals surface area contributed by atoms with Gasteiger partial charge in [-0.05, 0) is 31.9 Å². The summed E-state index contributed by atoms with van der Waals surface area (Å²) in [5.41, 5.74) is -0.934. The molecule has 19 heavy (non-hydrogen) atoms. The van der Waals surface area contributed by atoms with Gasteiger partial charge in [-0.1, -0.05) is 6.07 Å². The lowest BCUT2D eigenvalue weighted by atomic mass is 9.82. The molecule has 2 heterocycles. The summed E-state index contributed by atoms with van der Waals surface area (Å²) >= 11 is 0. The first kappa shape index (κ1) is 13.5. The molecule has 0 radical (unpaired) electrons. The van der Waals surface area contributed by atoms with Gasteiger partial charge < -0.3 is 10.0 Å².